The van der Waals surface area contributed by atoms with Gasteiger partial charge in [-0.2, -0.15) is 0 Å². The summed E-state index contributed by atoms with van der Waals surface area (Å²) in [5.74, 6) is 1.65. The number of nitrogens with zero attached hydrogens (tertiary/aromatic N) is 2. The monoisotopic (exact) mass is 223 g/mol. The summed E-state index contributed by atoms with van der Waals surface area (Å²) in [6.07, 6.45) is 5.45. The lowest BCUT2D eigenvalue weighted by Gasteiger charge is -2.53. The van der Waals surface area contributed by atoms with Gasteiger partial charge in [0.25, 0.3) is 0 Å². The molecule has 4 aliphatic rings. The molecule has 0 amide bonds. The molecule has 2 bridgehead atoms. The first kappa shape index (κ1) is 11.0. The third-order valence-corrected chi connectivity index (χ3v) is 5.08. The maximum atomic E-state index is 6.48. The van der Waals surface area contributed by atoms with Crippen LogP contribution in [-0.2, 0) is 0 Å². The minimum Gasteiger partial charge on any atom is -0.326 e. The van der Waals surface area contributed by atoms with Crippen molar-refractivity contribution in [2.45, 2.75) is 37.8 Å². The quantitative estimate of drug-likeness (QED) is 0.712. The van der Waals surface area contributed by atoms with Gasteiger partial charge in [0.2, 0.25) is 0 Å². The predicted octanol–water partition coefficient (Wildman–Crippen LogP) is 0.750. The van der Waals surface area contributed by atoms with Crippen LogP contribution in [0.25, 0.3) is 0 Å². The highest BCUT2D eigenvalue weighted by Crippen LogP contribution is 2.36. The minimum atomic E-state index is 0.457. The molecule has 2 N–H and O–H groups in total. The molecule has 3 nitrogen and oxygen atoms in total. The summed E-state index contributed by atoms with van der Waals surface area (Å²) >= 11 is 0. The number of hydrogen-bond acceptors (Lipinski definition) is 3. The summed E-state index contributed by atoms with van der Waals surface area (Å²) < 4.78 is 0. The van der Waals surface area contributed by atoms with Crippen LogP contribution in [0.2, 0.25) is 0 Å². The van der Waals surface area contributed by atoms with Gasteiger partial charge in [-0.05, 0) is 64.2 Å². The molecule has 4 rings (SSSR count). The zero-order chi connectivity index (χ0) is 11.1. The fourth-order valence-corrected chi connectivity index (χ4v) is 4.22. The SMILES string of the molecule is CN1CCCC(C2C(N)C3CCN2CC3)C1. The Bertz CT molecular complexity index is 246. The third kappa shape index (κ3) is 1.79. The molecule has 92 valence electrons. The third-order valence-electron chi connectivity index (χ3n) is 5.08. The van der Waals surface area contributed by atoms with Crippen LogP contribution in [0.1, 0.15) is 25.7 Å². The molecule has 0 radical (unpaired) electrons. The summed E-state index contributed by atoms with van der Waals surface area (Å²) in [6.45, 7) is 5.16. The van der Waals surface area contributed by atoms with Gasteiger partial charge >= 0.3 is 0 Å². The van der Waals surface area contributed by atoms with Crippen LogP contribution in [0.15, 0.2) is 0 Å². The molecule has 16 heavy (non-hydrogen) atoms. The average molecular weight is 223 g/mol. The van der Waals surface area contributed by atoms with Crippen molar-refractivity contribution in [1.29, 1.82) is 0 Å². The van der Waals surface area contributed by atoms with E-state index in [4.69, 9.17) is 5.73 Å². The number of piperidine rings is 4. The number of likely N-dealkylation sites (tertiary alicyclic amines) is 1. The van der Waals surface area contributed by atoms with Gasteiger partial charge in [-0.25, -0.2) is 0 Å². The fourth-order valence-electron chi connectivity index (χ4n) is 4.22. The highest BCUT2D eigenvalue weighted by Gasteiger charge is 2.44. The number of fused-ring (bicyclic) bond motifs is 3. The Hall–Kier alpha value is -0.120. The van der Waals surface area contributed by atoms with Crippen LogP contribution in [0.5, 0.6) is 0 Å². The van der Waals surface area contributed by atoms with E-state index in [9.17, 15) is 0 Å². The van der Waals surface area contributed by atoms with Crippen LogP contribution in [-0.4, -0.2) is 55.1 Å². The van der Waals surface area contributed by atoms with Gasteiger partial charge in [0.05, 0.1) is 0 Å². The minimum absolute atomic E-state index is 0.457. The molecule has 0 aromatic carbocycles. The van der Waals surface area contributed by atoms with E-state index < -0.39 is 0 Å². The van der Waals surface area contributed by atoms with Crippen molar-refractivity contribution in [3.8, 4) is 0 Å². The van der Waals surface area contributed by atoms with E-state index in [1.165, 1.54) is 51.9 Å². The molecule has 4 heterocycles. The van der Waals surface area contributed by atoms with E-state index in [0.29, 0.717) is 12.1 Å². The lowest BCUT2D eigenvalue weighted by Crippen LogP contribution is -2.65. The van der Waals surface area contributed by atoms with Crippen LogP contribution in [0.4, 0.5) is 0 Å². The highest BCUT2D eigenvalue weighted by atomic mass is 15.2. The first-order chi connectivity index (χ1) is 7.75. The summed E-state index contributed by atoms with van der Waals surface area (Å²) in [5.41, 5.74) is 6.48. The Balaban J connectivity index is 1.73. The van der Waals surface area contributed by atoms with Crippen molar-refractivity contribution >= 4 is 0 Å². The van der Waals surface area contributed by atoms with Crippen molar-refractivity contribution in [2.75, 3.05) is 33.2 Å². The van der Waals surface area contributed by atoms with Gasteiger partial charge in [0, 0.05) is 18.6 Å². The van der Waals surface area contributed by atoms with Crippen molar-refractivity contribution in [3.63, 3.8) is 0 Å². The second-order valence-electron chi connectivity index (χ2n) is 6.11. The summed E-state index contributed by atoms with van der Waals surface area (Å²) in [4.78, 5) is 5.18. The maximum absolute atomic E-state index is 6.48. The Morgan fingerprint density at radius 3 is 2.38 bits per heavy atom. The average Bonchev–Trinajstić information content (AvgIpc) is 2.30. The molecule has 3 atom stereocenters. The van der Waals surface area contributed by atoms with Crippen LogP contribution < -0.4 is 5.73 Å². The van der Waals surface area contributed by atoms with E-state index in [-0.39, 0.29) is 0 Å². The van der Waals surface area contributed by atoms with Gasteiger partial charge < -0.3 is 10.6 Å². The molecule has 4 saturated heterocycles. The Kier molecular flexibility index (Phi) is 2.94. The van der Waals surface area contributed by atoms with E-state index in [1.54, 1.807) is 0 Å². The molecule has 0 aromatic heterocycles. The Morgan fingerprint density at radius 2 is 1.75 bits per heavy atom. The molecule has 4 aliphatic heterocycles. The van der Waals surface area contributed by atoms with Crippen LogP contribution in [0.3, 0.4) is 0 Å². The molecular weight excluding hydrogens is 198 g/mol. The van der Waals surface area contributed by atoms with Gasteiger partial charge in [0.15, 0.2) is 0 Å². The van der Waals surface area contributed by atoms with E-state index in [1.807, 2.05) is 0 Å². The van der Waals surface area contributed by atoms with Crippen molar-refractivity contribution in [2.24, 2.45) is 17.6 Å². The fraction of sp³-hybridized carbons (Fsp3) is 1.00. The second kappa shape index (κ2) is 4.28. The second-order valence-corrected chi connectivity index (χ2v) is 6.11. The van der Waals surface area contributed by atoms with Gasteiger partial charge in [-0.1, -0.05) is 0 Å². The predicted molar refractivity (Wildman–Crippen MR) is 66.3 cm³/mol. The van der Waals surface area contributed by atoms with Gasteiger partial charge in [0.1, 0.15) is 0 Å². The molecular formula is C13H25N3. The normalized spacial score (nSPS) is 49.5. The van der Waals surface area contributed by atoms with Crippen molar-refractivity contribution < 1.29 is 0 Å². The smallest absolute Gasteiger partial charge is 0.0290 e. The largest absolute Gasteiger partial charge is 0.326 e. The maximum Gasteiger partial charge on any atom is 0.0290 e. The summed E-state index contributed by atoms with van der Waals surface area (Å²) in [6, 6.07) is 1.15. The molecule has 3 heteroatoms. The van der Waals surface area contributed by atoms with Crippen LogP contribution >= 0.6 is 0 Å². The summed E-state index contributed by atoms with van der Waals surface area (Å²) in [5, 5.41) is 0. The first-order valence-corrected chi connectivity index (χ1v) is 6.94. The molecule has 4 fully saturated rings. The van der Waals surface area contributed by atoms with E-state index in [2.05, 4.69) is 16.8 Å². The standard InChI is InChI=1S/C13H25N3/c1-15-6-2-3-11(9-15)13-12(14)10-4-7-16(13)8-5-10/h10-13H,2-9,14H2,1H3. The first-order valence-electron chi connectivity index (χ1n) is 6.94. The molecule has 0 spiro atoms. The molecule has 3 unspecified atom stereocenters. The van der Waals surface area contributed by atoms with Crippen LogP contribution in [0, 0.1) is 11.8 Å². The Labute approximate surface area is 99.0 Å². The number of hydrogen-bond donors (Lipinski definition) is 1. The lowest BCUT2D eigenvalue weighted by molar-refractivity contribution is -0.0189. The zero-order valence-corrected chi connectivity index (χ0v) is 10.4. The highest BCUT2D eigenvalue weighted by molar-refractivity contribution is 5.01. The van der Waals surface area contributed by atoms with Crippen molar-refractivity contribution in [3.05, 3.63) is 0 Å². The zero-order valence-electron chi connectivity index (χ0n) is 10.4. The van der Waals surface area contributed by atoms with E-state index >= 15 is 0 Å². The topological polar surface area (TPSA) is 32.5 Å². The van der Waals surface area contributed by atoms with Gasteiger partial charge in [-0.3, -0.25) is 4.90 Å². The molecule has 0 aromatic rings. The lowest BCUT2D eigenvalue weighted by atomic mass is 9.73. The summed E-state index contributed by atoms with van der Waals surface area (Å²) in [7, 11) is 2.26. The number of nitrogens with two attached hydrogens (primary N) is 1. The van der Waals surface area contributed by atoms with Crippen molar-refractivity contribution in [1.82, 2.24) is 9.80 Å². The van der Waals surface area contributed by atoms with Gasteiger partial charge in [-0.15, -0.1) is 0 Å². The molecule has 0 aliphatic carbocycles. The number of rotatable bonds is 1. The Morgan fingerprint density at radius 1 is 1.00 bits per heavy atom. The molecule has 0 saturated carbocycles. The van der Waals surface area contributed by atoms with E-state index in [0.717, 1.165) is 11.8 Å².